The fraction of sp³-hybridized carbons (Fsp3) is 0.0588. The highest BCUT2D eigenvalue weighted by Crippen LogP contribution is 2.29. The molecule has 6 heteroatoms. The highest BCUT2D eigenvalue weighted by atomic mass is 16.3. The van der Waals surface area contributed by atoms with Gasteiger partial charge < -0.3 is 15.5 Å². The number of phenolic OH excluding ortho intramolecular Hbond substituents is 2. The number of nitrogens with one attached hydrogen (secondary N) is 2. The summed E-state index contributed by atoms with van der Waals surface area (Å²) in [6.07, 6.45) is 0. The van der Waals surface area contributed by atoms with Crippen LogP contribution in [0.15, 0.2) is 48.5 Å². The molecule has 0 bridgehead atoms. The van der Waals surface area contributed by atoms with Crippen LogP contribution in [0.1, 0.15) is 16.1 Å². The Morgan fingerprint density at radius 2 is 1.78 bits per heavy atom. The van der Waals surface area contributed by atoms with E-state index in [0.29, 0.717) is 22.6 Å². The lowest BCUT2D eigenvalue weighted by Gasteiger charge is -2.03. The van der Waals surface area contributed by atoms with Crippen molar-refractivity contribution in [3.8, 4) is 22.8 Å². The zero-order valence-electron chi connectivity index (χ0n) is 12.4. The summed E-state index contributed by atoms with van der Waals surface area (Å²) >= 11 is 0. The summed E-state index contributed by atoms with van der Waals surface area (Å²) in [6, 6.07) is 13.4. The second-order valence-electron chi connectivity index (χ2n) is 5.19. The first-order valence-corrected chi connectivity index (χ1v) is 6.99. The largest absolute Gasteiger partial charge is 0.504 e. The van der Waals surface area contributed by atoms with E-state index in [-0.39, 0.29) is 17.4 Å². The van der Waals surface area contributed by atoms with Crippen LogP contribution in [0.4, 0.5) is 5.69 Å². The molecule has 0 spiro atoms. The quantitative estimate of drug-likeness (QED) is 0.559. The Hall–Kier alpha value is -3.28. The van der Waals surface area contributed by atoms with Crippen molar-refractivity contribution in [2.75, 3.05) is 5.32 Å². The number of nitrogens with zero attached hydrogens (tertiary/aromatic N) is 1. The van der Waals surface area contributed by atoms with Gasteiger partial charge in [-0.1, -0.05) is 17.7 Å². The smallest absolute Gasteiger partial charge is 0.273 e. The van der Waals surface area contributed by atoms with Gasteiger partial charge in [0.2, 0.25) is 0 Å². The summed E-state index contributed by atoms with van der Waals surface area (Å²) in [6.45, 7) is 1.97. The number of H-pyrrole nitrogens is 1. The lowest BCUT2D eigenvalue weighted by atomic mass is 10.1. The molecule has 1 amide bonds. The molecule has 4 N–H and O–H groups in total. The Kier molecular flexibility index (Phi) is 3.72. The Balaban J connectivity index is 1.79. The van der Waals surface area contributed by atoms with Crippen LogP contribution in [-0.4, -0.2) is 26.3 Å². The number of aromatic nitrogens is 2. The number of benzene rings is 2. The van der Waals surface area contributed by atoms with E-state index in [2.05, 4.69) is 15.5 Å². The summed E-state index contributed by atoms with van der Waals surface area (Å²) < 4.78 is 0. The van der Waals surface area contributed by atoms with Crippen LogP contribution in [0.2, 0.25) is 0 Å². The van der Waals surface area contributed by atoms with E-state index in [1.54, 1.807) is 12.1 Å². The molecule has 3 rings (SSSR count). The number of aromatic hydroxyl groups is 2. The van der Waals surface area contributed by atoms with Gasteiger partial charge in [0.05, 0.1) is 5.69 Å². The number of carbonyl (C=O) groups is 1. The highest BCUT2D eigenvalue weighted by Gasteiger charge is 2.12. The molecule has 0 aliphatic heterocycles. The fourth-order valence-corrected chi connectivity index (χ4v) is 2.10. The van der Waals surface area contributed by atoms with Crippen molar-refractivity contribution in [1.82, 2.24) is 10.2 Å². The van der Waals surface area contributed by atoms with Crippen molar-refractivity contribution in [3.05, 3.63) is 59.8 Å². The summed E-state index contributed by atoms with van der Waals surface area (Å²) in [5, 5.41) is 28.3. The number of aryl methyl sites for hydroxylation is 1. The Bertz CT molecular complexity index is 854. The third-order valence-electron chi connectivity index (χ3n) is 3.40. The number of hydrogen-bond acceptors (Lipinski definition) is 4. The molecular weight excluding hydrogens is 294 g/mol. The van der Waals surface area contributed by atoms with E-state index in [4.69, 9.17) is 0 Å². The van der Waals surface area contributed by atoms with E-state index >= 15 is 0 Å². The Morgan fingerprint density at radius 3 is 2.48 bits per heavy atom. The first kappa shape index (κ1) is 14.6. The van der Waals surface area contributed by atoms with Gasteiger partial charge in [-0.3, -0.25) is 9.89 Å². The molecule has 0 radical (unpaired) electrons. The maximum absolute atomic E-state index is 12.2. The molecule has 0 aliphatic rings. The van der Waals surface area contributed by atoms with Crippen molar-refractivity contribution in [3.63, 3.8) is 0 Å². The molecule has 2 aromatic carbocycles. The standard InChI is InChI=1S/C17H15N3O3/c1-10-2-5-12(6-3-10)18-17(23)14-9-13(19-20-14)11-4-7-15(21)16(22)8-11/h2-9,21-22H,1H3,(H,18,23)(H,19,20). The number of carbonyl (C=O) groups excluding carboxylic acids is 1. The molecule has 0 saturated heterocycles. The van der Waals surface area contributed by atoms with Crippen molar-refractivity contribution in [2.24, 2.45) is 0 Å². The maximum Gasteiger partial charge on any atom is 0.273 e. The van der Waals surface area contributed by atoms with Crippen molar-refractivity contribution in [2.45, 2.75) is 6.92 Å². The van der Waals surface area contributed by atoms with E-state index in [9.17, 15) is 15.0 Å². The predicted molar refractivity (Wildman–Crippen MR) is 86.5 cm³/mol. The van der Waals surface area contributed by atoms with Gasteiger partial charge in [0.25, 0.3) is 5.91 Å². The first-order valence-electron chi connectivity index (χ1n) is 6.99. The molecule has 6 nitrogen and oxygen atoms in total. The minimum absolute atomic E-state index is 0.207. The van der Waals surface area contributed by atoms with Crippen LogP contribution >= 0.6 is 0 Å². The molecule has 0 aliphatic carbocycles. The summed E-state index contributed by atoms with van der Waals surface area (Å²) in [5.74, 6) is -0.756. The van der Waals surface area contributed by atoms with Gasteiger partial charge in [-0.2, -0.15) is 5.10 Å². The first-order chi connectivity index (χ1) is 11.0. The lowest BCUT2D eigenvalue weighted by Crippen LogP contribution is -2.12. The number of hydrogen-bond donors (Lipinski definition) is 4. The minimum atomic E-state index is -0.310. The van der Waals surface area contributed by atoms with Crippen LogP contribution in [0.25, 0.3) is 11.3 Å². The molecule has 23 heavy (non-hydrogen) atoms. The maximum atomic E-state index is 12.2. The number of anilines is 1. The Morgan fingerprint density at radius 1 is 1.04 bits per heavy atom. The van der Waals surface area contributed by atoms with Crippen LogP contribution < -0.4 is 5.32 Å². The predicted octanol–water partition coefficient (Wildman–Crippen LogP) is 3.05. The number of amides is 1. The zero-order valence-corrected chi connectivity index (χ0v) is 12.4. The fourth-order valence-electron chi connectivity index (χ4n) is 2.10. The number of rotatable bonds is 3. The summed E-state index contributed by atoms with van der Waals surface area (Å²) in [5.41, 5.74) is 3.19. The highest BCUT2D eigenvalue weighted by molar-refractivity contribution is 6.03. The molecule has 3 aromatic rings. The molecular formula is C17H15N3O3. The van der Waals surface area contributed by atoms with Crippen molar-refractivity contribution < 1.29 is 15.0 Å². The van der Waals surface area contributed by atoms with E-state index in [1.165, 1.54) is 12.1 Å². The van der Waals surface area contributed by atoms with Gasteiger partial charge in [0, 0.05) is 11.3 Å². The second-order valence-corrected chi connectivity index (χ2v) is 5.19. The second kappa shape index (κ2) is 5.84. The van der Waals surface area contributed by atoms with Crippen LogP contribution in [-0.2, 0) is 0 Å². The van der Waals surface area contributed by atoms with Crippen LogP contribution in [0, 0.1) is 6.92 Å². The number of phenols is 2. The van der Waals surface area contributed by atoms with Crippen LogP contribution in [0.5, 0.6) is 11.5 Å². The third kappa shape index (κ3) is 3.16. The van der Waals surface area contributed by atoms with Gasteiger partial charge in [0.1, 0.15) is 5.69 Å². The van der Waals surface area contributed by atoms with Crippen molar-refractivity contribution >= 4 is 11.6 Å². The zero-order chi connectivity index (χ0) is 16.4. The minimum Gasteiger partial charge on any atom is -0.504 e. The van der Waals surface area contributed by atoms with Gasteiger partial charge in [0.15, 0.2) is 11.5 Å². The van der Waals surface area contributed by atoms with E-state index in [1.807, 2.05) is 31.2 Å². The third-order valence-corrected chi connectivity index (χ3v) is 3.40. The average molecular weight is 309 g/mol. The number of aromatic amines is 1. The van der Waals surface area contributed by atoms with Gasteiger partial charge in [-0.15, -0.1) is 0 Å². The normalized spacial score (nSPS) is 10.5. The molecule has 0 saturated carbocycles. The molecule has 1 aromatic heterocycles. The van der Waals surface area contributed by atoms with Gasteiger partial charge >= 0.3 is 0 Å². The molecule has 1 heterocycles. The molecule has 0 unspecified atom stereocenters. The average Bonchev–Trinajstić information content (AvgIpc) is 3.02. The SMILES string of the molecule is Cc1ccc(NC(=O)c2cc(-c3ccc(O)c(O)c3)n[nH]2)cc1. The van der Waals surface area contributed by atoms with E-state index in [0.717, 1.165) is 5.56 Å². The molecule has 0 fully saturated rings. The summed E-state index contributed by atoms with van der Waals surface area (Å²) in [7, 11) is 0. The molecule has 0 atom stereocenters. The van der Waals surface area contributed by atoms with Crippen molar-refractivity contribution in [1.29, 1.82) is 0 Å². The lowest BCUT2D eigenvalue weighted by molar-refractivity contribution is 0.102. The van der Waals surface area contributed by atoms with Crippen LogP contribution in [0.3, 0.4) is 0 Å². The van der Waals surface area contributed by atoms with Gasteiger partial charge in [-0.25, -0.2) is 0 Å². The monoisotopic (exact) mass is 309 g/mol. The topological polar surface area (TPSA) is 98.2 Å². The molecule has 116 valence electrons. The van der Waals surface area contributed by atoms with E-state index < -0.39 is 0 Å². The Labute approximate surface area is 132 Å². The van der Waals surface area contributed by atoms with Gasteiger partial charge in [-0.05, 0) is 43.3 Å². The summed E-state index contributed by atoms with van der Waals surface area (Å²) in [4.78, 5) is 12.2.